The molecular formula is C27H37BFNO5. The fourth-order valence-electron chi connectivity index (χ4n) is 4.39. The van der Waals surface area contributed by atoms with Crippen molar-refractivity contribution in [3.05, 3.63) is 65.5 Å². The van der Waals surface area contributed by atoms with E-state index >= 15 is 0 Å². The second-order valence-electron chi connectivity index (χ2n) is 10.3. The van der Waals surface area contributed by atoms with E-state index in [2.05, 4.69) is 0 Å². The highest BCUT2D eigenvalue weighted by atomic mass is 19.1. The molecule has 2 atom stereocenters. The lowest BCUT2D eigenvalue weighted by molar-refractivity contribution is 0.00578. The molecule has 0 aromatic heterocycles. The van der Waals surface area contributed by atoms with E-state index < -0.39 is 24.4 Å². The van der Waals surface area contributed by atoms with Crippen molar-refractivity contribution in [2.24, 2.45) is 0 Å². The van der Waals surface area contributed by atoms with Crippen LogP contribution < -0.4 is 5.46 Å². The Balaban J connectivity index is 1.70. The van der Waals surface area contributed by atoms with E-state index in [-0.39, 0.29) is 24.4 Å². The van der Waals surface area contributed by atoms with Crippen molar-refractivity contribution in [3.63, 3.8) is 0 Å². The number of halogens is 1. The highest BCUT2D eigenvalue weighted by Crippen LogP contribution is 2.36. The maximum atomic E-state index is 13.4. The summed E-state index contributed by atoms with van der Waals surface area (Å²) >= 11 is 0. The van der Waals surface area contributed by atoms with Gasteiger partial charge in [0.1, 0.15) is 5.82 Å². The van der Waals surface area contributed by atoms with Gasteiger partial charge < -0.3 is 24.4 Å². The van der Waals surface area contributed by atoms with Gasteiger partial charge in [0, 0.05) is 13.2 Å². The Labute approximate surface area is 208 Å². The topological polar surface area (TPSA) is 79.2 Å². The molecule has 2 aromatic carbocycles. The monoisotopic (exact) mass is 485 g/mol. The third-order valence-electron chi connectivity index (χ3n) is 7.43. The second kappa shape index (κ2) is 11.1. The number of hydrogen-bond donors (Lipinski definition) is 2. The van der Waals surface area contributed by atoms with E-state index in [4.69, 9.17) is 9.31 Å². The van der Waals surface area contributed by atoms with Crippen molar-refractivity contribution in [2.45, 2.75) is 77.0 Å². The van der Waals surface area contributed by atoms with Gasteiger partial charge in [-0.1, -0.05) is 36.4 Å². The lowest BCUT2D eigenvalue weighted by Crippen LogP contribution is -2.41. The van der Waals surface area contributed by atoms with Gasteiger partial charge in [0.25, 0.3) is 0 Å². The van der Waals surface area contributed by atoms with E-state index in [1.165, 1.54) is 17.0 Å². The molecule has 0 radical (unpaired) electrons. The molecule has 0 spiro atoms. The molecule has 6 nitrogen and oxygen atoms in total. The van der Waals surface area contributed by atoms with E-state index in [1.807, 2.05) is 58.9 Å². The first-order valence-corrected chi connectivity index (χ1v) is 12.3. The number of aliphatic hydroxyl groups excluding tert-OH is 1. The Morgan fingerprint density at radius 2 is 1.51 bits per heavy atom. The van der Waals surface area contributed by atoms with E-state index in [1.54, 1.807) is 12.1 Å². The Morgan fingerprint density at radius 3 is 2.03 bits per heavy atom. The summed E-state index contributed by atoms with van der Waals surface area (Å²) in [7, 11) is -0.470. The predicted molar refractivity (Wildman–Crippen MR) is 135 cm³/mol. The number of nitrogens with zero attached hydrogens (tertiary/aromatic N) is 1. The lowest BCUT2D eigenvalue weighted by Gasteiger charge is -2.32. The van der Waals surface area contributed by atoms with E-state index in [0.717, 1.165) is 16.6 Å². The zero-order valence-electron chi connectivity index (χ0n) is 21.3. The summed E-state index contributed by atoms with van der Waals surface area (Å²) in [6, 6.07) is 13.6. The van der Waals surface area contributed by atoms with Crippen molar-refractivity contribution >= 4 is 18.7 Å². The zero-order chi connectivity index (χ0) is 25.8. The smallest absolute Gasteiger partial charge is 0.465 e. The number of hydrogen-bond acceptors (Lipinski definition) is 4. The summed E-state index contributed by atoms with van der Waals surface area (Å²) in [6.45, 7) is 10.3. The van der Waals surface area contributed by atoms with Gasteiger partial charge in [-0.05, 0) is 88.5 Å². The van der Waals surface area contributed by atoms with Gasteiger partial charge in [-0.3, -0.25) is 0 Å². The average Bonchev–Trinajstić information content (AvgIpc) is 3.03. The number of aliphatic hydroxyl groups is 1. The Bertz CT molecular complexity index is 964. The van der Waals surface area contributed by atoms with Gasteiger partial charge in [0.15, 0.2) is 0 Å². The number of rotatable bonds is 10. The van der Waals surface area contributed by atoms with Crippen LogP contribution in [0.25, 0.3) is 0 Å². The van der Waals surface area contributed by atoms with Crippen LogP contribution in [-0.2, 0) is 9.31 Å². The minimum absolute atomic E-state index is 0.0301. The van der Waals surface area contributed by atoms with Crippen LogP contribution in [0.3, 0.4) is 0 Å². The molecule has 1 aliphatic heterocycles. The maximum Gasteiger partial charge on any atom is 0.494 e. The van der Waals surface area contributed by atoms with Gasteiger partial charge in [-0.25, -0.2) is 9.18 Å². The maximum absolute atomic E-state index is 13.4. The molecule has 0 aliphatic carbocycles. The minimum Gasteiger partial charge on any atom is -0.465 e. The SMILES string of the molecule is C[C@@H](c1ccc(B2OC(C)(C)C(C)(C)O2)cc1)N(CC[C@H](CCCO)c1ccc(F)cc1)C(=O)O. The Kier molecular flexibility index (Phi) is 8.62. The minimum atomic E-state index is -0.993. The van der Waals surface area contributed by atoms with Crippen molar-refractivity contribution in [2.75, 3.05) is 13.2 Å². The van der Waals surface area contributed by atoms with Crippen LogP contribution in [0.2, 0.25) is 0 Å². The lowest BCUT2D eigenvalue weighted by atomic mass is 9.78. The summed E-state index contributed by atoms with van der Waals surface area (Å²) in [5.41, 5.74) is 1.86. The first-order valence-electron chi connectivity index (χ1n) is 12.3. The van der Waals surface area contributed by atoms with Crippen LogP contribution in [0.1, 0.15) is 77.0 Å². The molecule has 190 valence electrons. The molecule has 35 heavy (non-hydrogen) atoms. The van der Waals surface area contributed by atoms with Gasteiger partial charge in [-0.15, -0.1) is 0 Å². The molecule has 0 unspecified atom stereocenters. The molecule has 1 amide bonds. The predicted octanol–water partition coefficient (Wildman–Crippen LogP) is 5.11. The summed E-state index contributed by atoms with van der Waals surface area (Å²) in [5, 5.41) is 19.2. The van der Waals surface area contributed by atoms with Crippen molar-refractivity contribution in [1.29, 1.82) is 0 Å². The largest absolute Gasteiger partial charge is 0.494 e. The van der Waals surface area contributed by atoms with Crippen molar-refractivity contribution in [3.8, 4) is 0 Å². The zero-order valence-corrected chi connectivity index (χ0v) is 21.3. The second-order valence-corrected chi connectivity index (χ2v) is 10.3. The molecule has 1 aliphatic rings. The summed E-state index contributed by atoms with van der Waals surface area (Å²) in [5.74, 6) is -0.276. The van der Waals surface area contributed by atoms with E-state index in [9.17, 15) is 19.4 Å². The number of carboxylic acid groups (broad SMARTS) is 1. The number of benzene rings is 2. The molecule has 3 rings (SSSR count). The van der Waals surface area contributed by atoms with Crippen LogP contribution in [0.4, 0.5) is 9.18 Å². The highest BCUT2D eigenvalue weighted by molar-refractivity contribution is 6.62. The molecule has 1 heterocycles. The molecular weight excluding hydrogens is 448 g/mol. The third kappa shape index (κ3) is 6.43. The molecule has 1 fully saturated rings. The number of carbonyl (C=O) groups is 1. The standard InChI is InChI=1S/C27H37BFNO5/c1-19(20-8-12-23(13-9-20)28-34-26(2,3)27(4,5)35-28)30(25(32)33)17-16-21(7-6-18-31)22-10-14-24(29)15-11-22/h8-15,19,21,31H,6-7,16-18H2,1-5H3,(H,32,33)/t19-,21-/m0/s1. The van der Waals surface area contributed by atoms with Crippen LogP contribution in [-0.4, -0.2) is 52.7 Å². The van der Waals surface area contributed by atoms with Gasteiger partial charge in [0.05, 0.1) is 17.2 Å². The Hall–Kier alpha value is -2.42. The molecule has 2 aromatic rings. The first kappa shape index (κ1) is 27.2. The molecule has 8 heteroatoms. The summed E-state index contributed by atoms with van der Waals surface area (Å²) in [6.07, 6.45) is 0.888. The van der Waals surface area contributed by atoms with Gasteiger partial charge in [0.2, 0.25) is 0 Å². The normalized spacial score (nSPS) is 18.3. The quantitative estimate of drug-likeness (QED) is 0.457. The van der Waals surface area contributed by atoms with Gasteiger partial charge >= 0.3 is 13.2 Å². The van der Waals surface area contributed by atoms with Crippen molar-refractivity contribution < 1.29 is 28.7 Å². The summed E-state index contributed by atoms with van der Waals surface area (Å²) in [4.78, 5) is 13.6. The molecule has 1 saturated heterocycles. The van der Waals surface area contributed by atoms with E-state index in [0.29, 0.717) is 25.8 Å². The van der Waals surface area contributed by atoms with Gasteiger partial charge in [-0.2, -0.15) is 0 Å². The summed E-state index contributed by atoms with van der Waals surface area (Å²) < 4.78 is 25.6. The molecule has 2 N–H and O–H groups in total. The van der Waals surface area contributed by atoms with Crippen LogP contribution in [0, 0.1) is 5.82 Å². The molecule has 0 saturated carbocycles. The number of amides is 1. The fourth-order valence-corrected chi connectivity index (χ4v) is 4.39. The Morgan fingerprint density at radius 1 is 0.971 bits per heavy atom. The first-order chi connectivity index (χ1) is 16.4. The van der Waals surface area contributed by atoms with Crippen molar-refractivity contribution in [1.82, 2.24) is 4.90 Å². The average molecular weight is 485 g/mol. The highest BCUT2D eigenvalue weighted by Gasteiger charge is 2.51. The third-order valence-corrected chi connectivity index (χ3v) is 7.43. The van der Waals surface area contributed by atoms with Crippen LogP contribution in [0.15, 0.2) is 48.5 Å². The fraction of sp³-hybridized carbons (Fsp3) is 0.519. The molecule has 0 bridgehead atoms. The van der Waals surface area contributed by atoms with Crippen LogP contribution in [0.5, 0.6) is 0 Å². The van der Waals surface area contributed by atoms with Crippen LogP contribution >= 0.6 is 0 Å².